The molecule has 0 radical (unpaired) electrons. The average molecular weight is 524 g/mol. The standard InChI is InChI=1S/C26H27F2N7OS/c1-3-29-15(2)21-17(7-8-30-24(21)28)18-6-4-5-16-13-20(37-23(16)18)22-19(27)14-33-25(34-22)31-9-11-35-12-10-32-26(35)36/h4-8,13-15,29H,3,9-12H2,1-2H3,(H,32,36)(H,31,33,34)/t15-/m1/s1. The van der Waals surface area contributed by atoms with Gasteiger partial charge in [0, 0.05) is 54.2 Å². The number of aromatic nitrogens is 3. The first-order chi connectivity index (χ1) is 18.0. The predicted molar refractivity (Wildman–Crippen MR) is 142 cm³/mol. The summed E-state index contributed by atoms with van der Waals surface area (Å²) in [4.78, 5) is 26.4. The van der Waals surface area contributed by atoms with E-state index in [0.717, 1.165) is 27.4 Å². The molecule has 3 N–H and O–H groups in total. The lowest BCUT2D eigenvalue weighted by atomic mass is 9.96. The van der Waals surface area contributed by atoms with E-state index in [0.29, 0.717) is 43.2 Å². The molecule has 1 aliphatic heterocycles. The number of pyridine rings is 1. The number of thiophene rings is 1. The maximum atomic E-state index is 14.9. The molecule has 4 aromatic rings. The second-order valence-electron chi connectivity index (χ2n) is 8.71. The quantitative estimate of drug-likeness (QED) is 0.273. The molecule has 37 heavy (non-hydrogen) atoms. The molecule has 8 nitrogen and oxygen atoms in total. The Morgan fingerprint density at radius 2 is 2.08 bits per heavy atom. The molecule has 11 heteroatoms. The van der Waals surface area contributed by atoms with Crippen LogP contribution in [0.4, 0.5) is 19.5 Å². The number of nitrogens with zero attached hydrogens (tertiary/aromatic N) is 4. The van der Waals surface area contributed by atoms with Crippen LogP contribution in [0.25, 0.3) is 31.8 Å². The second-order valence-corrected chi connectivity index (χ2v) is 9.77. The fraction of sp³-hybridized carbons (Fsp3) is 0.308. The van der Waals surface area contributed by atoms with Crippen molar-refractivity contribution in [3.63, 3.8) is 0 Å². The van der Waals surface area contributed by atoms with Crippen LogP contribution in [0.3, 0.4) is 0 Å². The molecule has 4 heterocycles. The van der Waals surface area contributed by atoms with Crippen LogP contribution in [0.15, 0.2) is 42.7 Å². The Morgan fingerprint density at radius 1 is 1.22 bits per heavy atom. The van der Waals surface area contributed by atoms with Crippen molar-refractivity contribution in [3.8, 4) is 21.7 Å². The Labute approximate surface area is 217 Å². The normalized spacial score (nSPS) is 14.3. The van der Waals surface area contributed by atoms with Crippen LogP contribution in [0.2, 0.25) is 0 Å². The van der Waals surface area contributed by atoms with Crippen LogP contribution < -0.4 is 16.0 Å². The van der Waals surface area contributed by atoms with Gasteiger partial charge in [0.15, 0.2) is 5.82 Å². The van der Waals surface area contributed by atoms with E-state index in [-0.39, 0.29) is 23.7 Å². The number of carbonyl (C=O) groups excluding carboxylic acids is 1. The van der Waals surface area contributed by atoms with E-state index >= 15 is 0 Å². The minimum atomic E-state index is -0.533. The van der Waals surface area contributed by atoms with Gasteiger partial charge in [-0.2, -0.15) is 4.39 Å². The Morgan fingerprint density at radius 3 is 2.86 bits per heavy atom. The van der Waals surface area contributed by atoms with Crippen molar-refractivity contribution in [2.75, 3.05) is 38.0 Å². The maximum Gasteiger partial charge on any atom is 0.317 e. The van der Waals surface area contributed by atoms with E-state index in [9.17, 15) is 13.6 Å². The summed E-state index contributed by atoms with van der Waals surface area (Å²) >= 11 is 1.40. The van der Waals surface area contributed by atoms with Gasteiger partial charge in [-0.3, -0.25) is 0 Å². The average Bonchev–Trinajstić information content (AvgIpc) is 3.51. The molecule has 2 amide bonds. The number of halogens is 2. The first-order valence-electron chi connectivity index (χ1n) is 12.2. The number of urea groups is 1. The number of hydrogen-bond acceptors (Lipinski definition) is 7. The molecular weight excluding hydrogens is 496 g/mol. The number of nitrogens with one attached hydrogen (secondary N) is 3. The summed E-state index contributed by atoms with van der Waals surface area (Å²) in [6.07, 6.45) is 2.61. The molecule has 0 unspecified atom stereocenters. The molecule has 1 atom stereocenters. The molecule has 0 saturated carbocycles. The summed E-state index contributed by atoms with van der Waals surface area (Å²) in [5.41, 5.74) is 2.28. The predicted octanol–water partition coefficient (Wildman–Crippen LogP) is 4.81. The highest BCUT2D eigenvalue weighted by Crippen LogP contribution is 2.41. The summed E-state index contributed by atoms with van der Waals surface area (Å²) in [7, 11) is 0. The van der Waals surface area contributed by atoms with Crippen LogP contribution in [-0.4, -0.2) is 58.6 Å². The van der Waals surface area contributed by atoms with E-state index in [1.54, 1.807) is 4.90 Å². The SMILES string of the molecule is CCN[C@H](C)c1c(-c2cccc3cc(-c4nc(NCCN5CCNC5=O)ncc4F)sc23)ccnc1F. The highest BCUT2D eigenvalue weighted by Gasteiger charge is 2.21. The van der Waals surface area contributed by atoms with Gasteiger partial charge >= 0.3 is 6.03 Å². The first-order valence-corrected chi connectivity index (χ1v) is 13.0. The van der Waals surface area contributed by atoms with E-state index < -0.39 is 11.8 Å². The van der Waals surface area contributed by atoms with Crippen LogP contribution >= 0.6 is 11.3 Å². The zero-order chi connectivity index (χ0) is 25.9. The van der Waals surface area contributed by atoms with Crippen molar-refractivity contribution in [1.82, 2.24) is 30.5 Å². The molecule has 192 valence electrons. The summed E-state index contributed by atoms with van der Waals surface area (Å²) in [5.74, 6) is -0.760. The molecule has 3 aromatic heterocycles. The fourth-order valence-electron chi connectivity index (χ4n) is 4.55. The molecule has 1 aromatic carbocycles. The third-order valence-corrected chi connectivity index (χ3v) is 7.50. The van der Waals surface area contributed by atoms with Gasteiger partial charge < -0.3 is 20.9 Å². The maximum absolute atomic E-state index is 14.9. The summed E-state index contributed by atoms with van der Waals surface area (Å²) in [5, 5.41) is 10.0. The topological polar surface area (TPSA) is 95.1 Å². The Kier molecular flexibility index (Phi) is 7.24. The first kappa shape index (κ1) is 25.0. The number of fused-ring (bicyclic) bond motifs is 1. The molecule has 0 aliphatic carbocycles. The fourth-order valence-corrected chi connectivity index (χ4v) is 5.73. The smallest absolute Gasteiger partial charge is 0.317 e. The van der Waals surface area contributed by atoms with Crippen molar-refractivity contribution < 1.29 is 13.6 Å². The van der Waals surface area contributed by atoms with E-state index in [4.69, 9.17) is 0 Å². The number of carbonyl (C=O) groups is 1. The lowest BCUT2D eigenvalue weighted by molar-refractivity contribution is 0.219. The van der Waals surface area contributed by atoms with Crippen LogP contribution in [0.5, 0.6) is 0 Å². The van der Waals surface area contributed by atoms with Crippen LogP contribution in [-0.2, 0) is 0 Å². The van der Waals surface area contributed by atoms with Crippen LogP contribution in [0.1, 0.15) is 25.5 Å². The molecule has 1 fully saturated rings. The van der Waals surface area contributed by atoms with Crippen LogP contribution in [0, 0.1) is 11.8 Å². The number of amides is 2. The summed E-state index contributed by atoms with van der Waals surface area (Å²) < 4.78 is 30.6. The Balaban J connectivity index is 1.47. The monoisotopic (exact) mass is 523 g/mol. The minimum absolute atomic E-state index is 0.0966. The summed E-state index contributed by atoms with van der Waals surface area (Å²) in [6, 6.07) is 9.17. The van der Waals surface area contributed by atoms with Gasteiger partial charge in [0.1, 0.15) is 5.69 Å². The molecule has 5 rings (SSSR count). The van der Waals surface area contributed by atoms with E-state index in [1.807, 2.05) is 44.2 Å². The minimum Gasteiger partial charge on any atom is -0.352 e. The van der Waals surface area contributed by atoms with Crippen molar-refractivity contribution in [2.24, 2.45) is 0 Å². The zero-order valence-electron chi connectivity index (χ0n) is 20.5. The third-order valence-electron chi connectivity index (χ3n) is 6.31. The van der Waals surface area contributed by atoms with Crippen molar-refractivity contribution in [3.05, 3.63) is 60.1 Å². The van der Waals surface area contributed by atoms with Gasteiger partial charge in [0.05, 0.1) is 11.1 Å². The van der Waals surface area contributed by atoms with Crippen molar-refractivity contribution in [1.29, 1.82) is 0 Å². The highest BCUT2D eigenvalue weighted by molar-refractivity contribution is 7.22. The number of rotatable bonds is 9. The largest absolute Gasteiger partial charge is 0.352 e. The Bertz CT molecular complexity index is 1440. The van der Waals surface area contributed by atoms with Crippen molar-refractivity contribution in [2.45, 2.75) is 19.9 Å². The van der Waals surface area contributed by atoms with E-state index in [2.05, 4.69) is 30.9 Å². The molecular formula is C26H27F2N7OS. The molecule has 0 spiro atoms. The number of hydrogen-bond donors (Lipinski definition) is 3. The van der Waals surface area contributed by atoms with E-state index in [1.165, 1.54) is 17.5 Å². The molecule has 0 bridgehead atoms. The highest BCUT2D eigenvalue weighted by atomic mass is 32.1. The Hall–Kier alpha value is -3.70. The lowest BCUT2D eigenvalue weighted by Crippen LogP contribution is -2.32. The molecule has 1 aliphatic rings. The van der Waals surface area contributed by atoms with Gasteiger partial charge in [-0.1, -0.05) is 25.1 Å². The lowest BCUT2D eigenvalue weighted by Gasteiger charge is -2.18. The number of benzene rings is 1. The number of anilines is 1. The third kappa shape index (κ3) is 5.09. The van der Waals surface area contributed by atoms with Gasteiger partial charge in [0.25, 0.3) is 0 Å². The zero-order valence-corrected chi connectivity index (χ0v) is 21.3. The van der Waals surface area contributed by atoms with Gasteiger partial charge in [-0.25, -0.2) is 24.1 Å². The second kappa shape index (κ2) is 10.7. The van der Waals surface area contributed by atoms with Crippen molar-refractivity contribution >= 4 is 33.4 Å². The molecule has 1 saturated heterocycles. The van der Waals surface area contributed by atoms with Gasteiger partial charge in [-0.05, 0) is 36.6 Å². The summed E-state index contributed by atoms with van der Waals surface area (Å²) in [6.45, 7) is 6.78. The van der Waals surface area contributed by atoms with Gasteiger partial charge in [0.2, 0.25) is 11.9 Å². The van der Waals surface area contributed by atoms with Gasteiger partial charge in [-0.15, -0.1) is 11.3 Å².